The van der Waals surface area contributed by atoms with Crippen molar-refractivity contribution in [1.29, 1.82) is 0 Å². The van der Waals surface area contributed by atoms with Gasteiger partial charge in [-0.1, -0.05) is 29.3 Å². The molecule has 1 saturated heterocycles. The first-order valence-electron chi connectivity index (χ1n) is 18.8. The number of nitrogens with one attached hydrogen (secondary N) is 2. The summed E-state index contributed by atoms with van der Waals surface area (Å²) >= 11 is 0. The fourth-order valence-electron chi connectivity index (χ4n) is 7.59. The summed E-state index contributed by atoms with van der Waals surface area (Å²) in [4.78, 5) is 49.8. The van der Waals surface area contributed by atoms with Crippen LogP contribution in [0.25, 0.3) is 27.8 Å². The highest BCUT2D eigenvalue weighted by atomic mass is 16.8. The topological polar surface area (TPSA) is 251 Å². The molecule has 0 saturated carbocycles. The zero-order valence-corrected chi connectivity index (χ0v) is 32.1. The summed E-state index contributed by atoms with van der Waals surface area (Å²) in [7, 11) is 1.39. The molecule has 0 radical (unpaired) electrons. The van der Waals surface area contributed by atoms with E-state index < -0.39 is 67.5 Å². The highest BCUT2D eigenvalue weighted by Gasteiger charge is 2.54. The van der Waals surface area contributed by atoms with Gasteiger partial charge in [0.1, 0.15) is 47.8 Å². The van der Waals surface area contributed by atoms with Crippen LogP contribution >= 0.6 is 0 Å². The van der Waals surface area contributed by atoms with E-state index in [1.807, 2.05) is 38.1 Å². The van der Waals surface area contributed by atoms with Gasteiger partial charge in [0.25, 0.3) is 0 Å². The van der Waals surface area contributed by atoms with Crippen molar-refractivity contribution in [3.05, 3.63) is 111 Å². The maximum Gasteiger partial charge on any atom is 0.324 e. The van der Waals surface area contributed by atoms with Gasteiger partial charge in [-0.05, 0) is 75.4 Å². The standard InChI is InChI=1S/C42H43N3O14/c1-20-14-21(2)16-24(15-20)33-32-23(10-12-44-32)18-45(33)59-38-36(50)35(49)37(41(54)58-40(53)31(39(51)52)29(43-3)11-13-46)57-42(38)56-26-8-9-27-30(17-26)55-19-28(34(27)48)22-4-6-25(47)7-5-22/h4-10,12,14-17,19,29,31,35-38,41-43,46-47,49-50,54H,11,13,18H2,1-3H3,(H,51,52)/p+1/t29-,31+,35-,36-,37-,38+,41+,42+/m1/s1. The number of aryl methyl sites for hydroxylation is 2. The number of carbonyl (C=O) groups excluding carboxylic acids is 1. The van der Waals surface area contributed by atoms with Crippen molar-refractivity contribution < 1.29 is 68.8 Å². The summed E-state index contributed by atoms with van der Waals surface area (Å²) in [6.45, 7) is 3.71. The molecule has 3 aliphatic heterocycles. The van der Waals surface area contributed by atoms with Crippen LogP contribution in [0.3, 0.4) is 0 Å². The summed E-state index contributed by atoms with van der Waals surface area (Å²) in [6, 6.07) is 15.2. The Kier molecular flexibility index (Phi) is 12.1. The molecule has 8 N–H and O–H groups in total. The number of phenols is 1. The van der Waals surface area contributed by atoms with Crippen molar-refractivity contribution in [3.63, 3.8) is 0 Å². The molecule has 59 heavy (non-hydrogen) atoms. The van der Waals surface area contributed by atoms with Crippen molar-refractivity contribution in [2.24, 2.45) is 10.9 Å². The molecule has 4 heterocycles. The number of aromatic hydroxyl groups is 1. The number of carboxylic acid groups (broad SMARTS) is 1. The number of hydrogen-bond donors (Lipinski definition) is 8. The minimum Gasteiger partial charge on any atom is -0.508 e. The van der Waals surface area contributed by atoms with Gasteiger partial charge in [-0.25, -0.2) is 4.99 Å². The second-order valence-corrected chi connectivity index (χ2v) is 14.6. The predicted octanol–water partition coefficient (Wildman–Crippen LogP) is 0.719. The van der Waals surface area contributed by atoms with Crippen LogP contribution in [0.5, 0.6) is 11.5 Å². The fourth-order valence-corrected chi connectivity index (χ4v) is 7.59. The Labute approximate surface area is 336 Å². The molecule has 7 rings (SSSR count). The van der Waals surface area contributed by atoms with Crippen LogP contribution in [0.2, 0.25) is 0 Å². The Balaban J connectivity index is 1.21. The van der Waals surface area contributed by atoms with Crippen LogP contribution in [0, 0.1) is 19.8 Å². The molecule has 0 aliphatic carbocycles. The first-order valence-corrected chi connectivity index (χ1v) is 18.8. The molecule has 310 valence electrons. The zero-order chi connectivity index (χ0) is 42.1. The molecule has 17 nitrogen and oxygen atoms in total. The highest BCUT2D eigenvalue weighted by molar-refractivity contribution is 5.95. The fraction of sp³-hybridized carbons (Fsp3) is 0.333. The number of benzene rings is 3. The minimum atomic E-state index is -2.33. The van der Waals surface area contributed by atoms with Gasteiger partial charge in [-0.15, -0.1) is 0 Å². The van der Waals surface area contributed by atoms with Crippen molar-refractivity contribution >= 4 is 34.8 Å². The van der Waals surface area contributed by atoms with E-state index in [-0.39, 0.29) is 46.4 Å². The van der Waals surface area contributed by atoms with Crippen molar-refractivity contribution in [3.8, 4) is 22.6 Å². The van der Waals surface area contributed by atoms with Gasteiger partial charge < -0.3 is 54.6 Å². The van der Waals surface area contributed by atoms with Crippen LogP contribution in [0.4, 0.5) is 0 Å². The number of allylic oxidation sites excluding steroid dienone is 1. The summed E-state index contributed by atoms with van der Waals surface area (Å²) in [5.74, 6) is -4.79. The first-order chi connectivity index (χ1) is 28.3. The van der Waals surface area contributed by atoms with Gasteiger partial charge in [-0.2, -0.15) is 9.90 Å². The Morgan fingerprint density at radius 1 is 1.02 bits per heavy atom. The molecule has 4 aromatic rings. The van der Waals surface area contributed by atoms with E-state index in [9.17, 15) is 45.0 Å². The Morgan fingerprint density at radius 3 is 2.42 bits per heavy atom. The summed E-state index contributed by atoms with van der Waals surface area (Å²) in [5, 5.41) is 66.5. The van der Waals surface area contributed by atoms with Crippen LogP contribution in [0.15, 0.2) is 98.5 Å². The molecule has 0 bridgehead atoms. The number of aliphatic hydroxyl groups excluding tert-OH is 4. The molecule has 0 spiro atoms. The molecular weight excluding hydrogens is 770 g/mol. The number of fused-ring (bicyclic) bond motifs is 2. The van der Waals surface area contributed by atoms with Gasteiger partial charge in [0.05, 0.1) is 10.9 Å². The summed E-state index contributed by atoms with van der Waals surface area (Å²) in [6.07, 6.45) is -6.60. The number of ether oxygens (including phenoxy) is 3. The number of hydroxylamine groups is 2. The number of nitrogens with zero attached hydrogens (tertiary/aromatic N) is 1. The second kappa shape index (κ2) is 17.2. The average Bonchev–Trinajstić information content (AvgIpc) is 3.78. The number of carbonyl (C=O) groups is 2. The smallest absolute Gasteiger partial charge is 0.324 e. The molecule has 9 atom stereocenters. The largest absolute Gasteiger partial charge is 0.508 e. The lowest BCUT2D eigenvalue weighted by Gasteiger charge is -2.42. The van der Waals surface area contributed by atoms with Crippen LogP contribution < -0.4 is 20.5 Å². The maximum atomic E-state index is 13.5. The lowest BCUT2D eigenvalue weighted by molar-refractivity contribution is -1.04. The number of quaternary nitrogens is 1. The van der Waals surface area contributed by atoms with Crippen LogP contribution in [0.1, 0.15) is 23.1 Å². The molecular formula is C42H44N3O14+. The van der Waals surface area contributed by atoms with E-state index in [2.05, 4.69) is 10.3 Å². The van der Waals surface area contributed by atoms with Crippen molar-refractivity contribution in [2.45, 2.75) is 63.3 Å². The SMILES string of the molecule is CN[C@H](CCO)[C@@H](C(=O)O)C(=O)O[C@H](O)[C@@H]1O[C@H](Oc2ccc3c(=O)c(-c4ccc(O)cc4)coc3c2)[C@@H](O[NH+]2CC3=CC=NC3=C2c2cc(C)cc(C)c2)[C@H](O)[C@H]1O. The molecule has 1 unspecified atom stereocenters. The monoisotopic (exact) mass is 814 g/mol. The third-order valence-electron chi connectivity index (χ3n) is 10.4. The number of hydrogen-bond acceptors (Lipinski definition) is 15. The van der Waals surface area contributed by atoms with Crippen LogP contribution in [-0.2, 0) is 23.9 Å². The number of rotatable bonds is 14. The predicted molar refractivity (Wildman–Crippen MR) is 209 cm³/mol. The van der Waals surface area contributed by atoms with E-state index in [1.165, 1.54) is 43.6 Å². The van der Waals surface area contributed by atoms with Crippen molar-refractivity contribution in [1.82, 2.24) is 5.32 Å². The number of carboxylic acids is 1. The lowest BCUT2D eigenvalue weighted by atomic mass is 9.96. The molecule has 3 aromatic carbocycles. The van der Waals surface area contributed by atoms with Crippen LogP contribution in [-0.4, -0.2) is 112 Å². The van der Waals surface area contributed by atoms with Gasteiger partial charge in [0.15, 0.2) is 23.1 Å². The zero-order valence-electron chi connectivity index (χ0n) is 32.1. The maximum absolute atomic E-state index is 13.5. The van der Waals surface area contributed by atoms with Crippen molar-refractivity contribution in [2.75, 3.05) is 20.2 Å². The molecule has 17 heteroatoms. The Hall–Kier alpha value is -5.76. The second-order valence-electron chi connectivity index (χ2n) is 14.6. The number of aliphatic carboxylic acids is 1. The normalized spacial score (nSPS) is 24.1. The van der Waals surface area contributed by atoms with E-state index in [0.717, 1.165) is 22.3 Å². The number of esters is 1. The quantitative estimate of drug-likeness (QED) is 0.0496. The minimum absolute atomic E-state index is 0.0290. The van der Waals surface area contributed by atoms with E-state index in [4.69, 9.17) is 23.5 Å². The third kappa shape index (κ3) is 8.41. The summed E-state index contributed by atoms with van der Waals surface area (Å²) < 4.78 is 23.2. The average molecular weight is 815 g/mol. The first kappa shape index (κ1) is 41.4. The van der Waals surface area contributed by atoms with Gasteiger partial charge >= 0.3 is 11.9 Å². The Morgan fingerprint density at radius 2 is 1.75 bits per heavy atom. The van der Waals surface area contributed by atoms with E-state index in [0.29, 0.717) is 22.0 Å². The molecule has 1 fully saturated rings. The van der Waals surface area contributed by atoms with E-state index >= 15 is 0 Å². The molecule has 1 aromatic heterocycles. The van der Waals surface area contributed by atoms with Gasteiger partial charge in [0.2, 0.25) is 18.7 Å². The van der Waals surface area contributed by atoms with Gasteiger partial charge in [-0.3, -0.25) is 14.4 Å². The molecule has 3 aliphatic rings. The summed E-state index contributed by atoms with van der Waals surface area (Å²) in [5.41, 5.74) is 5.43. The lowest BCUT2D eigenvalue weighted by Crippen LogP contribution is -3.08. The number of aliphatic hydroxyl groups is 4. The highest BCUT2D eigenvalue weighted by Crippen LogP contribution is 2.33. The van der Waals surface area contributed by atoms with Gasteiger partial charge in [0, 0.05) is 36.1 Å². The Bertz CT molecular complexity index is 2370. The third-order valence-corrected chi connectivity index (χ3v) is 10.4. The van der Waals surface area contributed by atoms with E-state index in [1.54, 1.807) is 18.3 Å². The number of phenolic OH excluding ortho intramolecular Hbond substituents is 1. The molecule has 0 amide bonds. The number of aliphatic imine (C=N–C) groups is 1.